The van der Waals surface area contributed by atoms with Crippen LogP contribution >= 0.6 is 11.8 Å². The van der Waals surface area contributed by atoms with Gasteiger partial charge in [-0.3, -0.25) is 0 Å². The second kappa shape index (κ2) is 10.8. The van der Waals surface area contributed by atoms with Crippen LogP contribution in [-0.4, -0.2) is 0 Å². The van der Waals surface area contributed by atoms with E-state index in [9.17, 15) is 0 Å². The maximum absolute atomic E-state index is 2.20. The minimum absolute atomic E-state index is 0. The molecule has 4 aromatic rings. The van der Waals surface area contributed by atoms with Crippen LogP contribution in [0.3, 0.4) is 0 Å². The molecule has 0 saturated carbocycles. The van der Waals surface area contributed by atoms with Crippen LogP contribution in [0.25, 0.3) is 0 Å². The molecule has 0 fully saturated rings. The number of thioether (sulfide) groups is 1. The van der Waals surface area contributed by atoms with Crippen molar-refractivity contribution >= 4 is 11.8 Å². The van der Waals surface area contributed by atoms with Crippen molar-refractivity contribution in [2.24, 2.45) is 0 Å². The smallest absolute Gasteiger partial charge is 0.0148 e. The van der Waals surface area contributed by atoms with E-state index < -0.39 is 0 Å². The first-order valence-corrected chi connectivity index (χ1v) is 8.96. The van der Waals surface area contributed by atoms with E-state index in [2.05, 4.69) is 84.9 Å². The van der Waals surface area contributed by atoms with E-state index in [-0.39, 0.29) is 17.1 Å². The largest absolute Gasteiger partial charge is 0.748 e. The van der Waals surface area contributed by atoms with E-state index in [0.717, 1.165) is 0 Å². The van der Waals surface area contributed by atoms with Crippen molar-refractivity contribution in [3.8, 4) is 0 Å². The predicted octanol–water partition coefficient (Wildman–Crippen LogP) is 6.69. The fourth-order valence-corrected chi connectivity index (χ4v) is 3.65. The molecule has 25 heavy (non-hydrogen) atoms. The molecule has 0 bridgehead atoms. The molecule has 1 atom stereocenters. The Bertz CT molecular complexity index is 758. The first-order valence-electron chi connectivity index (χ1n) is 8.08. The third kappa shape index (κ3) is 6.10. The maximum atomic E-state index is 2.20. The molecule has 4 rings (SSSR count). The zero-order valence-corrected chi connectivity index (χ0v) is 15.7. The Balaban J connectivity index is 0.000000325. The standard InChI is InChI=1S/C18H15S.C5H5.Fe/c1-3-9-15(10-4-1)18(16-11-7-8-12-16)19-17-13-5-2-6-14-17;1-2-4-5-3-1;/h1-14,18H;1-5H;/q-1;-5;. The van der Waals surface area contributed by atoms with Crippen molar-refractivity contribution in [2.75, 3.05) is 0 Å². The van der Waals surface area contributed by atoms with Gasteiger partial charge in [0, 0.05) is 27.2 Å². The quantitative estimate of drug-likeness (QED) is 0.215. The topological polar surface area (TPSA) is 0 Å². The Kier molecular flexibility index (Phi) is 8.34. The van der Waals surface area contributed by atoms with Gasteiger partial charge < -0.3 is 30.3 Å². The Hall–Kier alpha value is -1.99. The van der Waals surface area contributed by atoms with Crippen LogP contribution in [0.15, 0.2) is 120 Å². The van der Waals surface area contributed by atoms with Crippen molar-refractivity contribution in [3.63, 3.8) is 0 Å². The third-order valence-corrected chi connectivity index (χ3v) is 4.97. The fraction of sp³-hybridized carbons (Fsp3) is 0.0435. The molecule has 2 heteroatoms. The van der Waals surface area contributed by atoms with Crippen molar-refractivity contribution in [1.82, 2.24) is 0 Å². The van der Waals surface area contributed by atoms with Crippen LogP contribution in [0, 0.1) is 0 Å². The van der Waals surface area contributed by atoms with Gasteiger partial charge in [0.05, 0.1) is 0 Å². The van der Waals surface area contributed by atoms with Gasteiger partial charge in [0.15, 0.2) is 0 Å². The predicted molar refractivity (Wildman–Crippen MR) is 105 cm³/mol. The molecule has 132 valence electrons. The minimum atomic E-state index is 0. The molecule has 0 N–H and O–H groups in total. The molecule has 0 heterocycles. The van der Waals surface area contributed by atoms with Gasteiger partial charge in [-0.25, -0.2) is 12.1 Å². The number of hydrogen-bond acceptors (Lipinski definition) is 1. The Morgan fingerprint density at radius 1 is 0.640 bits per heavy atom. The van der Waals surface area contributed by atoms with Crippen molar-refractivity contribution < 1.29 is 17.1 Å². The molecule has 0 spiro atoms. The normalized spacial score (nSPS) is 10.9. The summed E-state index contributed by atoms with van der Waals surface area (Å²) in [5.74, 6) is 0. The molecular weight excluding hydrogens is 364 g/mol. The fourth-order valence-electron chi connectivity index (χ4n) is 2.48. The molecule has 0 aliphatic rings. The summed E-state index contributed by atoms with van der Waals surface area (Å²) in [6.07, 6.45) is 0. The average Bonchev–Trinajstić information content (AvgIpc) is 3.37. The van der Waals surface area contributed by atoms with E-state index in [1.807, 2.05) is 42.1 Å². The summed E-state index contributed by atoms with van der Waals surface area (Å²) < 4.78 is 0. The first kappa shape index (κ1) is 19.3. The molecular formula is C23H20FeS-6. The molecule has 0 aliphatic carbocycles. The van der Waals surface area contributed by atoms with Gasteiger partial charge in [-0.15, -0.1) is 17.3 Å². The second-order valence-electron chi connectivity index (χ2n) is 5.40. The Morgan fingerprint density at radius 2 is 1.12 bits per heavy atom. The van der Waals surface area contributed by atoms with Crippen LogP contribution in [0.2, 0.25) is 0 Å². The molecule has 0 nitrogen and oxygen atoms in total. The number of benzene rings is 2. The molecule has 0 aromatic heterocycles. The second-order valence-corrected chi connectivity index (χ2v) is 6.58. The monoisotopic (exact) mass is 384 g/mol. The van der Waals surface area contributed by atoms with E-state index in [4.69, 9.17) is 0 Å². The van der Waals surface area contributed by atoms with Gasteiger partial charge in [-0.2, -0.15) is 12.1 Å². The van der Waals surface area contributed by atoms with Crippen LogP contribution in [0.4, 0.5) is 0 Å². The number of hydrogen-bond donors (Lipinski definition) is 0. The summed E-state index contributed by atoms with van der Waals surface area (Å²) in [6.45, 7) is 0. The van der Waals surface area contributed by atoms with Gasteiger partial charge in [0.2, 0.25) is 0 Å². The minimum Gasteiger partial charge on any atom is -0.748 e. The summed E-state index contributed by atoms with van der Waals surface area (Å²) in [4.78, 5) is 1.30. The van der Waals surface area contributed by atoms with Crippen LogP contribution in [-0.2, 0) is 17.1 Å². The summed E-state index contributed by atoms with van der Waals surface area (Å²) >= 11 is 1.90. The van der Waals surface area contributed by atoms with Gasteiger partial charge in [0.25, 0.3) is 0 Å². The average molecular weight is 384 g/mol. The molecule has 1 unspecified atom stereocenters. The molecule has 4 aromatic carbocycles. The van der Waals surface area contributed by atoms with E-state index in [1.54, 1.807) is 0 Å². The van der Waals surface area contributed by atoms with Gasteiger partial charge in [-0.1, -0.05) is 48.5 Å². The van der Waals surface area contributed by atoms with Crippen molar-refractivity contribution in [1.29, 1.82) is 0 Å². The zero-order chi connectivity index (χ0) is 16.5. The summed E-state index contributed by atoms with van der Waals surface area (Å²) in [5.41, 5.74) is 2.71. The van der Waals surface area contributed by atoms with E-state index >= 15 is 0 Å². The van der Waals surface area contributed by atoms with Crippen LogP contribution in [0.5, 0.6) is 0 Å². The third-order valence-electron chi connectivity index (χ3n) is 3.65. The number of rotatable bonds is 4. The molecule has 0 saturated heterocycles. The first-order chi connectivity index (χ1) is 11.9. The van der Waals surface area contributed by atoms with E-state index in [0.29, 0.717) is 5.25 Å². The molecule has 0 aliphatic heterocycles. The summed E-state index contributed by atoms with van der Waals surface area (Å²) in [7, 11) is 0. The van der Waals surface area contributed by atoms with Crippen molar-refractivity contribution in [3.05, 3.63) is 126 Å². The molecule has 0 amide bonds. The van der Waals surface area contributed by atoms with Gasteiger partial charge in [-0.05, 0) is 17.7 Å². The van der Waals surface area contributed by atoms with Crippen LogP contribution < -0.4 is 0 Å². The Labute approximate surface area is 165 Å². The van der Waals surface area contributed by atoms with E-state index in [1.165, 1.54) is 16.0 Å². The van der Waals surface area contributed by atoms with Gasteiger partial charge >= 0.3 is 0 Å². The van der Waals surface area contributed by atoms with Crippen molar-refractivity contribution in [2.45, 2.75) is 10.1 Å². The zero-order valence-electron chi connectivity index (χ0n) is 13.8. The van der Waals surface area contributed by atoms with Crippen LogP contribution in [0.1, 0.15) is 16.4 Å². The summed E-state index contributed by atoms with van der Waals surface area (Å²) in [6, 6.07) is 39.9. The molecule has 0 radical (unpaired) electrons. The summed E-state index contributed by atoms with van der Waals surface area (Å²) in [5, 5.41) is 0.360. The Morgan fingerprint density at radius 3 is 1.64 bits per heavy atom. The SMILES string of the molecule is [Fe].[cH-]1[cH-][cH-][cH-][cH-]1.c1ccc(SC(c2ccccc2)[c-]2cccc2)cc1. The maximum Gasteiger partial charge on any atom is 0.0148 e. The van der Waals surface area contributed by atoms with Gasteiger partial charge in [0.1, 0.15) is 0 Å².